The minimum Gasteiger partial charge on any atom is -0.466 e. The van der Waals surface area contributed by atoms with Crippen molar-refractivity contribution in [2.45, 2.75) is 24.5 Å². The average Bonchev–Trinajstić information content (AvgIpc) is 3.06. The summed E-state index contributed by atoms with van der Waals surface area (Å²) in [5, 5.41) is 9.41. The van der Waals surface area contributed by atoms with Crippen molar-refractivity contribution in [1.82, 2.24) is 10.2 Å². The number of hydrogen-bond acceptors (Lipinski definition) is 5. The van der Waals surface area contributed by atoms with Gasteiger partial charge in [-0.25, -0.2) is 0 Å². The molecule has 0 unspecified atom stereocenters. The van der Waals surface area contributed by atoms with Crippen LogP contribution in [-0.2, 0) is 5.75 Å². The van der Waals surface area contributed by atoms with Crippen LogP contribution >= 0.6 is 35.0 Å². The molecule has 0 aliphatic rings. The van der Waals surface area contributed by atoms with Crippen LogP contribution in [0.5, 0.6) is 0 Å². The van der Waals surface area contributed by atoms with Crippen LogP contribution in [-0.4, -0.2) is 10.2 Å². The van der Waals surface area contributed by atoms with Crippen molar-refractivity contribution >= 4 is 35.0 Å². The zero-order chi connectivity index (χ0) is 15.7. The molecule has 0 amide bonds. The van der Waals surface area contributed by atoms with E-state index in [1.807, 2.05) is 26.0 Å². The molecule has 1 aromatic carbocycles. The summed E-state index contributed by atoms with van der Waals surface area (Å²) in [7, 11) is 0. The molecule has 2 heterocycles. The minimum atomic E-state index is 0.460. The van der Waals surface area contributed by atoms with Gasteiger partial charge in [0.05, 0.1) is 16.3 Å². The molecule has 0 aliphatic carbocycles. The Balaban J connectivity index is 1.75. The van der Waals surface area contributed by atoms with Crippen molar-refractivity contribution in [3.8, 4) is 11.5 Å². The van der Waals surface area contributed by atoms with Gasteiger partial charge < -0.3 is 8.83 Å². The predicted octanol–water partition coefficient (Wildman–Crippen LogP) is 5.55. The Morgan fingerprint density at radius 3 is 2.64 bits per heavy atom. The number of rotatable bonds is 4. The molecule has 0 radical (unpaired) electrons. The van der Waals surface area contributed by atoms with Gasteiger partial charge in [-0.05, 0) is 38.1 Å². The molecular formula is C15H12Cl2N2O2S. The van der Waals surface area contributed by atoms with E-state index in [1.165, 1.54) is 11.8 Å². The molecule has 0 bridgehead atoms. The molecule has 0 saturated heterocycles. The van der Waals surface area contributed by atoms with E-state index in [0.717, 1.165) is 22.0 Å². The van der Waals surface area contributed by atoms with Gasteiger partial charge in [-0.1, -0.05) is 23.2 Å². The number of thioether (sulfide) groups is 1. The third-order valence-electron chi connectivity index (χ3n) is 2.98. The fourth-order valence-corrected chi connectivity index (χ4v) is 3.32. The number of aryl methyl sites for hydroxylation is 2. The molecule has 0 N–H and O–H groups in total. The monoisotopic (exact) mass is 354 g/mol. The highest BCUT2D eigenvalue weighted by Gasteiger charge is 2.15. The van der Waals surface area contributed by atoms with E-state index in [1.54, 1.807) is 12.1 Å². The van der Waals surface area contributed by atoms with Crippen LogP contribution < -0.4 is 0 Å². The van der Waals surface area contributed by atoms with Gasteiger partial charge >= 0.3 is 0 Å². The number of nitrogens with zero attached hydrogens (tertiary/aromatic N) is 2. The highest BCUT2D eigenvalue weighted by Crippen LogP contribution is 2.32. The Morgan fingerprint density at radius 2 is 1.91 bits per heavy atom. The number of hydrogen-bond donors (Lipinski definition) is 0. The summed E-state index contributed by atoms with van der Waals surface area (Å²) in [6.07, 6.45) is 0. The zero-order valence-electron chi connectivity index (χ0n) is 11.9. The van der Waals surface area contributed by atoms with Gasteiger partial charge in [-0.2, -0.15) is 0 Å². The Bertz CT molecular complexity index is 814. The Hall–Kier alpha value is -1.43. The molecule has 0 saturated carbocycles. The second-order valence-electron chi connectivity index (χ2n) is 4.69. The van der Waals surface area contributed by atoms with Crippen LogP contribution in [0, 0.1) is 13.8 Å². The first-order valence-electron chi connectivity index (χ1n) is 6.50. The largest absolute Gasteiger partial charge is 0.466 e. The van der Waals surface area contributed by atoms with Gasteiger partial charge in [0.2, 0.25) is 5.89 Å². The molecular weight excluding hydrogens is 343 g/mol. The molecule has 22 heavy (non-hydrogen) atoms. The van der Waals surface area contributed by atoms with Gasteiger partial charge in [0, 0.05) is 9.92 Å². The molecule has 0 spiro atoms. The summed E-state index contributed by atoms with van der Waals surface area (Å²) >= 11 is 13.6. The summed E-state index contributed by atoms with van der Waals surface area (Å²) in [6.45, 7) is 3.75. The standard InChI is InChI=1S/C15H12Cl2N2O2S/c1-8-5-11(9(2)20-8)15-19-18-14(21-15)7-22-13-6-10(16)3-4-12(13)17/h3-6H,7H2,1-2H3. The van der Waals surface area contributed by atoms with E-state index < -0.39 is 0 Å². The quantitative estimate of drug-likeness (QED) is 0.575. The van der Waals surface area contributed by atoms with E-state index in [-0.39, 0.29) is 0 Å². The Labute approximate surface area is 141 Å². The molecule has 4 nitrogen and oxygen atoms in total. The number of halogens is 2. The second kappa shape index (κ2) is 6.36. The van der Waals surface area contributed by atoms with Gasteiger partial charge in [0.1, 0.15) is 11.5 Å². The lowest BCUT2D eigenvalue weighted by Crippen LogP contribution is -1.81. The molecule has 7 heteroatoms. The zero-order valence-corrected chi connectivity index (χ0v) is 14.2. The third-order valence-corrected chi connectivity index (χ3v) is 4.70. The first kappa shape index (κ1) is 15.5. The van der Waals surface area contributed by atoms with Gasteiger partial charge in [0.15, 0.2) is 0 Å². The average molecular weight is 355 g/mol. The van der Waals surface area contributed by atoms with Gasteiger partial charge in [-0.15, -0.1) is 22.0 Å². The normalized spacial score (nSPS) is 11.1. The van der Waals surface area contributed by atoms with E-state index in [9.17, 15) is 0 Å². The van der Waals surface area contributed by atoms with Crippen molar-refractivity contribution in [2.24, 2.45) is 0 Å². The molecule has 0 fully saturated rings. The maximum atomic E-state index is 6.13. The molecule has 0 atom stereocenters. The van der Waals surface area contributed by atoms with Crippen LogP contribution in [0.15, 0.2) is 38.0 Å². The lowest BCUT2D eigenvalue weighted by Gasteiger charge is -2.02. The van der Waals surface area contributed by atoms with E-state index in [4.69, 9.17) is 32.0 Å². The van der Waals surface area contributed by atoms with Crippen LogP contribution in [0.3, 0.4) is 0 Å². The summed E-state index contributed by atoms with van der Waals surface area (Å²) in [6, 6.07) is 7.22. The smallest absolute Gasteiger partial charge is 0.251 e. The number of aromatic nitrogens is 2. The van der Waals surface area contributed by atoms with Crippen LogP contribution in [0.1, 0.15) is 17.4 Å². The molecule has 114 valence electrons. The first-order chi connectivity index (χ1) is 10.5. The lowest BCUT2D eigenvalue weighted by molar-refractivity contribution is 0.499. The van der Waals surface area contributed by atoms with Crippen molar-refractivity contribution in [2.75, 3.05) is 0 Å². The van der Waals surface area contributed by atoms with Crippen molar-refractivity contribution < 1.29 is 8.83 Å². The first-order valence-corrected chi connectivity index (χ1v) is 8.24. The molecule has 0 aliphatic heterocycles. The van der Waals surface area contributed by atoms with Crippen molar-refractivity contribution in [3.63, 3.8) is 0 Å². The van der Waals surface area contributed by atoms with Crippen molar-refractivity contribution in [3.05, 3.63) is 51.7 Å². The maximum absolute atomic E-state index is 6.13. The van der Waals surface area contributed by atoms with Gasteiger partial charge in [-0.3, -0.25) is 0 Å². The fourth-order valence-electron chi connectivity index (χ4n) is 1.99. The minimum absolute atomic E-state index is 0.460. The van der Waals surface area contributed by atoms with E-state index >= 15 is 0 Å². The van der Waals surface area contributed by atoms with Crippen LogP contribution in [0.4, 0.5) is 0 Å². The molecule has 2 aromatic heterocycles. The Kier molecular flexibility index (Phi) is 4.47. The summed E-state index contributed by atoms with van der Waals surface area (Å²) in [5.41, 5.74) is 0.821. The van der Waals surface area contributed by atoms with E-state index in [2.05, 4.69) is 10.2 Å². The molecule has 3 rings (SSSR count). The highest BCUT2D eigenvalue weighted by atomic mass is 35.5. The summed E-state index contributed by atoms with van der Waals surface area (Å²) in [5.74, 6) is 3.07. The van der Waals surface area contributed by atoms with Crippen molar-refractivity contribution in [1.29, 1.82) is 0 Å². The second-order valence-corrected chi connectivity index (χ2v) is 6.55. The maximum Gasteiger partial charge on any atom is 0.251 e. The fraction of sp³-hybridized carbons (Fsp3) is 0.200. The highest BCUT2D eigenvalue weighted by molar-refractivity contribution is 7.98. The summed E-state index contributed by atoms with van der Waals surface area (Å²) in [4.78, 5) is 0.879. The number of furan rings is 1. The topological polar surface area (TPSA) is 52.1 Å². The van der Waals surface area contributed by atoms with Crippen LogP contribution in [0.25, 0.3) is 11.5 Å². The summed E-state index contributed by atoms with van der Waals surface area (Å²) < 4.78 is 11.1. The van der Waals surface area contributed by atoms with Crippen LogP contribution in [0.2, 0.25) is 10.0 Å². The Morgan fingerprint density at radius 1 is 1.09 bits per heavy atom. The lowest BCUT2D eigenvalue weighted by atomic mass is 10.2. The number of benzene rings is 1. The van der Waals surface area contributed by atoms with E-state index in [0.29, 0.717) is 27.6 Å². The third kappa shape index (κ3) is 3.32. The molecule has 3 aromatic rings. The predicted molar refractivity (Wildman–Crippen MR) is 87.5 cm³/mol. The van der Waals surface area contributed by atoms with Gasteiger partial charge in [0.25, 0.3) is 5.89 Å². The SMILES string of the molecule is Cc1cc(-c2nnc(CSc3cc(Cl)ccc3Cl)o2)c(C)o1.